The van der Waals surface area contributed by atoms with E-state index in [1.54, 1.807) is 12.1 Å². The molecule has 10 heteroatoms. The van der Waals surface area contributed by atoms with Crippen LogP contribution in [0.15, 0.2) is 36.4 Å². The minimum Gasteiger partial charge on any atom is -0.329 e. The highest BCUT2D eigenvalue weighted by Gasteiger charge is 2.07. The average Bonchev–Trinajstić information content (AvgIpc) is 2.59. The smallest absolute Gasteiger partial charge is 0.248 e. The summed E-state index contributed by atoms with van der Waals surface area (Å²) in [6.07, 6.45) is 0. The van der Waals surface area contributed by atoms with Crippen LogP contribution >= 0.6 is 47.2 Å². The van der Waals surface area contributed by atoms with E-state index in [-0.39, 0.29) is 22.5 Å². The summed E-state index contributed by atoms with van der Waals surface area (Å²) in [5.41, 5.74) is 5.76. The summed E-state index contributed by atoms with van der Waals surface area (Å²) in [7, 11) is 0. The van der Waals surface area contributed by atoms with Gasteiger partial charge in [0.15, 0.2) is 5.11 Å². The largest absolute Gasteiger partial charge is 0.329 e. The van der Waals surface area contributed by atoms with E-state index < -0.39 is 11.6 Å². The Morgan fingerprint density at radius 1 is 1.08 bits per heavy atom. The molecule has 2 aromatic carbocycles. The van der Waals surface area contributed by atoms with Gasteiger partial charge in [-0.1, -0.05) is 29.3 Å². The summed E-state index contributed by atoms with van der Waals surface area (Å²) in [4.78, 5) is 11.8. The molecule has 0 aromatic heterocycles. The summed E-state index contributed by atoms with van der Waals surface area (Å²) in [5, 5.41) is 3.42. The van der Waals surface area contributed by atoms with Gasteiger partial charge in [-0.3, -0.25) is 15.6 Å². The zero-order chi connectivity index (χ0) is 19.1. The molecule has 0 saturated carbocycles. The van der Waals surface area contributed by atoms with Gasteiger partial charge < -0.3 is 5.32 Å². The normalized spacial score (nSPS) is 10.3. The fourth-order valence-corrected chi connectivity index (χ4v) is 3.05. The molecule has 0 atom stereocenters. The topological polar surface area (TPSA) is 53.2 Å². The number of hydrogen-bond donors (Lipinski definition) is 3. The van der Waals surface area contributed by atoms with Crippen molar-refractivity contribution in [2.75, 3.05) is 11.1 Å². The molecule has 0 aliphatic heterocycles. The number of carbonyl (C=O) groups excluding carboxylic acids is 1. The second-order valence-electron chi connectivity index (χ2n) is 4.99. The third kappa shape index (κ3) is 6.60. The minimum atomic E-state index is -0.794. The molecule has 1 amide bonds. The highest BCUT2D eigenvalue weighted by Crippen LogP contribution is 2.24. The second-order valence-corrected chi connectivity index (χ2v) is 7.20. The quantitative estimate of drug-likeness (QED) is 0.475. The van der Waals surface area contributed by atoms with Crippen molar-refractivity contribution in [2.45, 2.75) is 5.75 Å². The molecule has 0 bridgehead atoms. The fourth-order valence-electron chi connectivity index (χ4n) is 1.80. The van der Waals surface area contributed by atoms with Crippen LogP contribution in [0.25, 0.3) is 0 Å². The summed E-state index contributed by atoms with van der Waals surface area (Å²) >= 11 is 18.1. The molecular weight excluding hydrogens is 423 g/mol. The lowest BCUT2D eigenvalue weighted by Crippen LogP contribution is -2.44. The molecule has 0 aliphatic carbocycles. The molecule has 0 saturated heterocycles. The molecular formula is C16H13Cl2F2N3OS2. The number of thiocarbonyl (C=S) groups is 1. The molecule has 0 spiro atoms. The van der Waals surface area contributed by atoms with Crippen molar-refractivity contribution in [1.82, 2.24) is 10.9 Å². The van der Waals surface area contributed by atoms with Crippen LogP contribution in [0.2, 0.25) is 10.0 Å². The summed E-state index contributed by atoms with van der Waals surface area (Å²) in [6.45, 7) is 0. The number of benzene rings is 2. The Morgan fingerprint density at radius 3 is 2.54 bits per heavy atom. The Morgan fingerprint density at radius 2 is 1.85 bits per heavy atom. The lowest BCUT2D eigenvalue weighted by atomic mass is 10.2. The number of carbonyl (C=O) groups is 1. The Balaban J connectivity index is 1.70. The molecule has 2 aromatic rings. The van der Waals surface area contributed by atoms with Gasteiger partial charge in [-0.2, -0.15) is 0 Å². The van der Waals surface area contributed by atoms with Crippen molar-refractivity contribution in [2.24, 2.45) is 0 Å². The number of hydrogen-bond acceptors (Lipinski definition) is 3. The van der Waals surface area contributed by atoms with E-state index >= 15 is 0 Å². The van der Waals surface area contributed by atoms with Crippen molar-refractivity contribution in [3.05, 3.63) is 63.6 Å². The Labute approximate surface area is 168 Å². The molecule has 0 aliphatic rings. The van der Waals surface area contributed by atoms with E-state index in [1.807, 2.05) is 6.07 Å². The van der Waals surface area contributed by atoms with E-state index in [4.69, 9.17) is 35.4 Å². The van der Waals surface area contributed by atoms with Crippen molar-refractivity contribution in [1.29, 1.82) is 0 Å². The van der Waals surface area contributed by atoms with Crippen LogP contribution in [0.1, 0.15) is 5.56 Å². The summed E-state index contributed by atoms with van der Waals surface area (Å²) in [6, 6.07) is 8.28. The highest BCUT2D eigenvalue weighted by atomic mass is 35.5. The van der Waals surface area contributed by atoms with Crippen molar-refractivity contribution in [3.8, 4) is 0 Å². The number of nitrogens with one attached hydrogen (secondary N) is 3. The number of amides is 1. The highest BCUT2D eigenvalue weighted by molar-refractivity contribution is 7.99. The first-order valence-corrected chi connectivity index (χ1v) is 9.49. The van der Waals surface area contributed by atoms with Gasteiger partial charge in [-0.25, -0.2) is 8.78 Å². The predicted molar refractivity (Wildman–Crippen MR) is 106 cm³/mol. The maximum absolute atomic E-state index is 13.5. The van der Waals surface area contributed by atoms with Crippen LogP contribution in [0, 0.1) is 11.6 Å². The van der Waals surface area contributed by atoms with Crippen LogP contribution in [0.3, 0.4) is 0 Å². The van der Waals surface area contributed by atoms with Crippen molar-refractivity contribution in [3.63, 3.8) is 0 Å². The van der Waals surface area contributed by atoms with E-state index in [9.17, 15) is 13.6 Å². The van der Waals surface area contributed by atoms with Crippen LogP contribution in [-0.2, 0) is 10.5 Å². The molecule has 2 rings (SSSR count). The molecule has 0 radical (unpaired) electrons. The summed E-state index contributed by atoms with van der Waals surface area (Å²) in [5.74, 6) is -1.06. The van der Waals surface area contributed by atoms with Gasteiger partial charge in [0, 0.05) is 11.8 Å². The minimum absolute atomic E-state index is 0.00728. The van der Waals surface area contributed by atoms with Crippen molar-refractivity contribution < 1.29 is 13.6 Å². The van der Waals surface area contributed by atoms with Gasteiger partial charge in [0.2, 0.25) is 5.91 Å². The van der Waals surface area contributed by atoms with E-state index in [0.29, 0.717) is 15.8 Å². The first-order valence-electron chi connectivity index (χ1n) is 7.17. The van der Waals surface area contributed by atoms with E-state index in [0.717, 1.165) is 17.7 Å². The number of rotatable bonds is 5. The molecule has 138 valence electrons. The number of anilines is 1. The van der Waals surface area contributed by atoms with Gasteiger partial charge in [-0.05, 0) is 42.0 Å². The Kier molecular flexibility index (Phi) is 7.89. The molecule has 0 heterocycles. The van der Waals surface area contributed by atoms with Gasteiger partial charge in [0.05, 0.1) is 21.5 Å². The van der Waals surface area contributed by atoms with Crippen LogP contribution in [0.4, 0.5) is 14.5 Å². The Bertz CT molecular complexity index is 824. The fraction of sp³-hybridized carbons (Fsp3) is 0.125. The predicted octanol–water partition coefficient (Wildman–Crippen LogP) is 4.52. The molecule has 4 nitrogen and oxygen atoms in total. The number of hydrazine groups is 1. The number of halogens is 4. The lowest BCUT2D eigenvalue weighted by Gasteiger charge is -2.12. The number of thioether (sulfide) groups is 1. The van der Waals surface area contributed by atoms with Gasteiger partial charge >= 0.3 is 0 Å². The molecule has 3 N–H and O–H groups in total. The van der Waals surface area contributed by atoms with E-state index in [1.165, 1.54) is 17.8 Å². The maximum atomic E-state index is 13.5. The third-order valence-corrected chi connectivity index (χ3v) is 4.93. The molecule has 0 unspecified atom stereocenters. The maximum Gasteiger partial charge on any atom is 0.248 e. The van der Waals surface area contributed by atoms with Crippen LogP contribution in [-0.4, -0.2) is 16.8 Å². The zero-order valence-electron chi connectivity index (χ0n) is 13.1. The average molecular weight is 436 g/mol. The van der Waals surface area contributed by atoms with Gasteiger partial charge in [-0.15, -0.1) is 11.8 Å². The first kappa shape index (κ1) is 20.7. The third-order valence-electron chi connectivity index (χ3n) is 2.98. The Hall–Kier alpha value is -1.61. The summed E-state index contributed by atoms with van der Waals surface area (Å²) < 4.78 is 26.3. The molecule has 0 fully saturated rings. The van der Waals surface area contributed by atoms with Crippen molar-refractivity contribution >= 4 is 63.9 Å². The van der Waals surface area contributed by atoms with Crippen LogP contribution in [0.5, 0.6) is 0 Å². The van der Waals surface area contributed by atoms with Gasteiger partial charge in [0.1, 0.15) is 11.6 Å². The van der Waals surface area contributed by atoms with Gasteiger partial charge in [0.25, 0.3) is 0 Å². The zero-order valence-corrected chi connectivity index (χ0v) is 16.3. The standard InChI is InChI=1S/C16H13Cl2F2N3OS2/c17-11-3-1-9(5-12(11)18)7-26-8-15(24)22-23-16(25)21-14-4-2-10(19)6-13(14)20/h1-6H,7-8H2,(H,22,24)(H2,21,23,25). The monoisotopic (exact) mass is 435 g/mol. The van der Waals surface area contributed by atoms with Crippen LogP contribution < -0.4 is 16.2 Å². The lowest BCUT2D eigenvalue weighted by molar-refractivity contribution is -0.119. The molecule has 26 heavy (non-hydrogen) atoms. The van der Waals surface area contributed by atoms with E-state index in [2.05, 4.69) is 16.2 Å². The second kappa shape index (κ2) is 9.91. The first-order chi connectivity index (χ1) is 12.3. The SMILES string of the molecule is O=C(CSCc1ccc(Cl)c(Cl)c1)NNC(=S)Nc1ccc(F)cc1F.